The number of benzene rings is 1. The maximum atomic E-state index is 13.5. The Hall–Kier alpha value is -1.38. The lowest BCUT2D eigenvalue weighted by Gasteiger charge is -2.10. The molecule has 1 unspecified atom stereocenters. The number of carbonyl (C=O) groups is 1. The number of hydrogen-bond donors (Lipinski definition) is 0. The summed E-state index contributed by atoms with van der Waals surface area (Å²) in [4.78, 5) is 11.0. The van der Waals surface area contributed by atoms with Crippen LogP contribution >= 0.6 is 0 Å². The predicted octanol–water partition coefficient (Wildman–Crippen LogP) is 2.49. The van der Waals surface area contributed by atoms with Gasteiger partial charge in [-0.15, -0.1) is 0 Å². The van der Waals surface area contributed by atoms with E-state index >= 15 is 0 Å². The summed E-state index contributed by atoms with van der Waals surface area (Å²) in [7, 11) is 1.18. The molecule has 0 aromatic heterocycles. The minimum atomic E-state index is -1.68. The lowest BCUT2D eigenvalue weighted by atomic mass is 10.0. The molecule has 1 aromatic rings. The summed E-state index contributed by atoms with van der Waals surface area (Å²) in [5, 5.41) is 0. The van der Waals surface area contributed by atoms with E-state index in [-0.39, 0.29) is 0 Å². The van der Waals surface area contributed by atoms with Crippen molar-refractivity contribution in [3.8, 4) is 0 Å². The fourth-order valence-electron chi connectivity index (χ4n) is 1.26. The highest BCUT2D eigenvalue weighted by molar-refractivity contribution is 5.76. The zero-order valence-corrected chi connectivity index (χ0v) is 8.50. The van der Waals surface area contributed by atoms with Crippen molar-refractivity contribution in [2.45, 2.75) is 20.0 Å². The molecule has 0 N–H and O–H groups in total. The molecule has 3 heteroatoms. The normalized spacial score (nSPS) is 12.3. The van der Waals surface area contributed by atoms with Crippen molar-refractivity contribution in [1.29, 1.82) is 0 Å². The zero-order chi connectivity index (χ0) is 10.7. The first kappa shape index (κ1) is 10.7. The second kappa shape index (κ2) is 4.22. The average molecular weight is 196 g/mol. The number of esters is 1. The van der Waals surface area contributed by atoms with Crippen LogP contribution in [-0.4, -0.2) is 13.1 Å². The van der Waals surface area contributed by atoms with Gasteiger partial charge in [0.15, 0.2) is 0 Å². The van der Waals surface area contributed by atoms with E-state index in [1.165, 1.54) is 7.11 Å². The van der Waals surface area contributed by atoms with Crippen LogP contribution in [0, 0.1) is 13.8 Å². The van der Waals surface area contributed by atoms with Crippen LogP contribution in [0.5, 0.6) is 0 Å². The van der Waals surface area contributed by atoms with Gasteiger partial charge in [0.2, 0.25) is 6.17 Å². The Morgan fingerprint density at radius 3 is 2.64 bits per heavy atom. The second-order valence-electron chi connectivity index (χ2n) is 3.25. The van der Waals surface area contributed by atoms with Gasteiger partial charge in [0, 0.05) is 5.56 Å². The minimum Gasteiger partial charge on any atom is -0.467 e. The van der Waals surface area contributed by atoms with Gasteiger partial charge in [-0.3, -0.25) is 0 Å². The molecule has 0 saturated carbocycles. The fourth-order valence-corrected chi connectivity index (χ4v) is 1.26. The molecule has 0 heterocycles. The monoisotopic (exact) mass is 196 g/mol. The third-order valence-electron chi connectivity index (χ3n) is 2.12. The molecule has 1 atom stereocenters. The van der Waals surface area contributed by atoms with Crippen LogP contribution in [0.2, 0.25) is 0 Å². The van der Waals surface area contributed by atoms with Gasteiger partial charge in [-0.1, -0.05) is 23.8 Å². The Balaban J connectivity index is 3.05. The molecule has 14 heavy (non-hydrogen) atoms. The number of rotatable bonds is 2. The summed E-state index contributed by atoms with van der Waals surface area (Å²) in [6.45, 7) is 3.62. The number of aryl methyl sites for hydroxylation is 2. The van der Waals surface area contributed by atoms with E-state index in [2.05, 4.69) is 4.74 Å². The Bertz CT molecular complexity index is 347. The molecule has 0 spiro atoms. The average Bonchev–Trinajstić information content (AvgIpc) is 2.19. The second-order valence-corrected chi connectivity index (χ2v) is 3.25. The van der Waals surface area contributed by atoms with E-state index in [9.17, 15) is 9.18 Å². The van der Waals surface area contributed by atoms with Crippen molar-refractivity contribution in [2.75, 3.05) is 7.11 Å². The van der Waals surface area contributed by atoms with Crippen molar-refractivity contribution in [3.63, 3.8) is 0 Å². The highest BCUT2D eigenvalue weighted by Crippen LogP contribution is 2.23. The highest BCUT2D eigenvalue weighted by atomic mass is 19.1. The molecule has 0 radical (unpaired) electrons. The molecule has 0 bridgehead atoms. The number of halogens is 1. The van der Waals surface area contributed by atoms with Gasteiger partial charge in [0.05, 0.1) is 7.11 Å². The molecule has 1 rings (SSSR count). The first-order valence-corrected chi connectivity index (χ1v) is 4.35. The van der Waals surface area contributed by atoms with Crippen molar-refractivity contribution < 1.29 is 13.9 Å². The largest absolute Gasteiger partial charge is 0.467 e. The zero-order valence-electron chi connectivity index (χ0n) is 8.50. The van der Waals surface area contributed by atoms with Crippen LogP contribution in [0.3, 0.4) is 0 Å². The first-order valence-electron chi connectivity index (χ1n) is 4.35. The summed E-state index contributed by atoms with van der Waals surface area (Å²) in [5.74, 6) is -0.848. The van der Waals surface area contributed by atoms with Crippen molar-refractivity contribution >= 4 is 5.97 Å². The summed E-state index contributed by atoms with van der Waals surface area (Å²) >= 11 is 0. The molecule has 2 nitrogen and oxygen atoms in total. The summed E-state index contributed by atoms with van der Waals surface area (Å²) in [6.07, 6.45) is -1.68. The van der Waals surface area contributed by atoms with Gasteiger partial charge >= 0.3 is 5.97 Å². The van der Waals surface area contributed by atoms with Crippen LogP contribution in [0.15, 0.2) is 18.2 Å². The lowest BCUT2D eigenvalue weighted by Crippen LogP contribution is -2.10. The molecule has 0 aliphatic heterocycles. The SMILES string of the molecule is COC(=O)C(F)c1cc(C)ccc1C. The third kappa shape index (κ3) is 2.10. The quantitative estimate of drug-likeness (QED) is 0.679. The van der Waals surface area contributed by atoms with Gasteiger partial charge in [-0.05, 0) is 19.4 Å². The smallest absolute Gasteiger partial charge is 0.345 e. The van der Waals surface area contributed by atoms with Gasteiger partial charge in [0.25, 0.3) is 0 Å². The summed E-state index contributed by atoms with van der Waals surface area (Å²) in [5.41, 5.74) is 2.07. The van der Waals surface area contributed by atoms with Gasteiger partial charge in [-0.25, -0.2) is 9.18 Å². The van der Waals surface area contributed by atoms with Crippen molar-refractivity contribution in [1.82, 2.24) is 0 Å². The molecule has 0 amide bonds. The van der Waals surface area contributed by atoms with E-state index in [0.717, 1.165) is 11.1 Å². The molecular formula is C11H13FO2. The predicted molar refractivity (Wildman–Crippen MR) is 51.8 cm³/mol. The van der Waals surface area contributed by atoms with Crippen molar-refractivity contribution in [2.24, 2.45) is 0 Å². The minimum absolute atomic E-state index is 0.386. The Morgan fingerprint density at radius 2 is 2.07 bits per heavy atom. The Morgan fingerprint density at radius 1 is 1.43 bits per heavy atom. The molecule has 0 aliphatic carbocycles. The number of hydrogen-bond acceptors (Lipinski definition) is 2. The molecule has 0 fully saturated rings. The van der Waals surface area contributed by atoms with Crippen LogP contribution in [0.25, 0.3) is 0 Å². The van der Waals surface area contributed by atoms with Gasteiger partial charge < -0.3 is 4.74 Å². The molecule has 0 aliphatic rings. The summed E-state index contributed by atoms with van der Waals surface area (Å²) < 4.78 is 17.8. The van der Waals surface area contributed by atoms with E-state index in [1.807, 2.05) is 13.0 Å². The Kier molecular flexibility index (Phi) is 3.23. The van der Waals surface area contributed by atoms with Crippen LogP contribution in [0.4, 0.5) is 4.39 Å². The van der Waals surface area contributed by atoms with E-state index in [0.29, 0.717) is 5.56 Å². The molecular weight excluding hydrogens is 183 g/mol. The molecule has 0 saturated heterocycles. The third-order valence-corrected chi connectivity index (χ3v) is 2.12. The number of carbonyl (C=O) groups excluding carboxylic acids is 1. The van der Waals surface area contributed by atoms with Crippen LogP contribution in [0.1, 0.15) is 22.9 Å². The topological polar surface area (TPSA) is 26.3 Å². The van der Waals surface area contributed by atoms with Crippen molar-refractivity contribution in [3.05, 3.63) is 34.9 Å². The number of methoxy groups -OCH3 is 1. The van der Waals surface area contributed by atoms with Gasteiger partial charge in [0.1, 0.15) is 0 Å². The van der Waals surface area contributed by atoms with E-state index in [1.54, 1.807) is 19.1 Å². The first-order chi connectivity index (χ1) is 6.56. The van der Waals surface area contributed by atoms with E-state index < -0.39 is 12.1 Å². The highest BCUT2D eigenvalue weighted by Gasteiger charge is 2.21. The fraction of sp³-hybridized carbons (Fsp3) is 0.364. The van der Waals surface area contributed by atoms with Crippen LogP contribution in [-0.2, 0) is 9.53 Å². The molecule has 76 valence electrons. The number of ether oxygens (including phenoxy) is 1. The summed E-state index contributed by atoms with van der Waals surface area (Å²) in [6, 6.07) is 5.33. The van der Waals surface area contributed by atoms with Crippen LogP contribution < -0.4 is 0 Å². The molecule has 1 aromatic carbocycles. The van der Waals surface area contributed by atoms with Gasteiger partial charge in [-0.2, -0.15) is 0 Å². The Labute approximate surface area is 82.7 Å². The number of alkyl halides is 1. The van der Waals surface area contributed by atoms with E-state index in [4.69, 9.17) is 0 Å². The lowest BCUT2D eigenvalue weighted by molar-refractivity contribution is -0.146. The standard InChI is InChI=1S/C11H13FO2/c1-7-4-5-8(2)9(6-7)10(12)11(13)14-3/h4-6,10H,1-3H3. The maximum Gasteiger partial charge on any atom is 0.345 e. The maximum absolute atomic E-state index is 13.5.